The largest absolute Gasteiger partial charge is 0.466 e. The third kappa shape index (κ3) is 3.39. The number of hydrogen-bond donors (Lipinski definition) is 0. The van der Waals surface area contributed by atoms with Crippen LogP contribution >= 0.6 is 0 Å². The van der Waals surface area contributed by atoms with Crippen molar-refractivity contribution < 1.29 is 9.53 Å². The molecule has 0 bridgehead atoms. The molecule has 0 aliphatic rings. The van der Waals surface area contributed by atoms with Crippen LogP contribution in [0.1, 0.15) is 26.3 Å². The normalized spacial score (nSPS) is 11.1. The van der Waals surface area contributed by atoms with Gasteiger partial charge in [-0.1, -0.05) is 0 Å². The van der Waals surface area contributed by atoms with Crippen LogP contribution < -0.4 is 0 Å². The van der Waals surface area contributed by atoms with Crippen LogP contribution in [0.2, 0.25) is 0 Å². The Balaban J connectivity index is 2.68. The summed E-state index contributed by atoms with van der Waals surface area (Å²) in [6.45, 7) is 6.04. The van der Waals surface area contributed by atoms with E-state index in [0.29, 0.717) is 13.0 Å². The summed E-state index contributed by atoms with van der Waals surface area (Å²) < 4.78 is 5.03. The van der Waals surface area contributed by atoms with Crippen LogP contribution in [0.25, 0.3) is 0 Å². The van der Waals surface area contributed by atoms with Gasteiger partial charge in [-0.25, -0.2) is 0 Å². The first-order valence-electron chi connectivity index (χ1n) is 5.19. The summed E-state index contributed by atoms with van der Waals surface area (Å²) in [4.78, 5) is 11.6. The smallest absolute Gasteiger partial charge is 0.311 e. The van der Waals surface area contributed by atoms with Gasteiger partial charge in [0.05, 0.1) is 12.0 Å². The highest BCUT2D eigenvalue weighted by atomic mass is 16.5. The fourth-order valence-electron chi connectivity index (χ4n) is 1.42. The first-order valence-corrected chi connectivity index (χ1v) is 5.19. The number of rotatable bonds is 4. The molecule has 0 amide bonds. The van der Waals surface area contributed by atoms with Crippen molar-refractivity contribution in [1.82, 2.24) is 0 Å². The lowest BCUT2D eigenvalue weighted by atomic mass is 9.86. The lowest BCUT2D eigenvalue weighted by molar-refractivity contribution is -0.153. The molecule has 0 aliphatic heterocycles. The molecule has 2 nitrogen and oxygen atoms in total. The average molecular weight is 205 g/mol. The predicted octanol–water partition coefficient (Wildman–Crippen LogP) is 2.62. The minimum atomic E-state index is -0.478. The van der Waals surface area contributed by atoms with Crippen LogP contribution in [0, 0.1) is 11.5 Å². The Bertz CT molecular complexity index is 315. The maximum Gasteiger partial charge on any atom is 0.311 e. The van der Waals surface area contributed by atoms with E-state index in [9.17, 15) is 4.79 Å². The summed E-state index contributed by atoms with van der Waals surface area (Å²) >= 11 is 0. The van der Waals surface area contributed by atoms with E-state index in [4.69, 9.17) is 4.74 Å². The van der Waals surface area contributed by atoms with E-state index in [1.54, 1.807) is 0 Å². The fourth-order valence-corrected chi connectivity index (χ4v) is 1.42. The van der Waals surface area contributed by atoms with E-state index < -0.39 is 5.41 Å². The monoisotopic (exact) mass is 205 g/mol. The lowest BCUT2D eigenvalue weighted by Gasteiger charge is -2.24. The van der Waals surface area contributed by atoms with Crippen molar-refractivity contribution >= 4 is 5.97 Å². The number of esters is 1. The SMILES string of the molecule is CCOC(=O)C(C)(C)Cc1[c-]cccc1. The number of benzene rings is 1. The molecule has 2 heteroatoms. The average Bonchev–Trinajstić information content (AvgIpc) is 2.19. The molecule has 1 aromatic carbocycles. The molecule has 0 radical (unpaired) electrons. The molecule has 82 valence electrons. The summed E-state index contributed by atoms with van der Waals surface area (Å²) in [6.07, 6.45) is 0.659. The summed E-state index contributed by atoms with van der Waals surface area (Å²) in [7, 11) is 0. The first kappa shape index (κ1) is 11.8. The van der Waals surface area contributed by atoms with Gasteiger partial charge >= 0.3 is 5.97 Å². The van der Waals surface area contributed by atoms with E-state index in [0.717, 1.165) is 5.56 Å². The quantitative estimate of drug-likeness (QED) is 0.558. The summed E-state index contributed by atoms with van der Waals surface area (Å²) in [5.74, 6) is -0.151. The second kappa shape index (κ2) is 4.96. The topological polar surface area (TPSA) is 26.3 Å². The van der Waals surface area contributed by atoms with Crippen LogP contribution in [0.3, 0.4) is 0 Å². The van der Waals surface area contributed by atoms with Crippen LogP contribution in [0.5, 0.6) is 0 Å². The van der Waals surface area contributed by atoms with Gasteiger partial charge in [-0.05, 0) is 27.2 Å². The van der Waals surface area contributed by atoms with Gasteiger partial charge in [0.1, 0.15) is 0 Å². The van der Waals surface area contributed by atoms with Gasteiger partial charge in [0, 0.05) is 0 Å². The van der Waals surface area contributed by atoms with Gasteiger partial charge in [-0.3, -0.25) is 4.79 Å². The molecule has 1 rings (SSSR count). The Labute approximate surface area is 91.3 Å². The Morgan fingerprint density at radius 3 is 2.73 bits per heavy atom. The molecule has 0 N–H and O–H groups in total. The second-order valence-electron chi connectivity index (χ2n) is 4.17. The number of hydrogen-bond acceptors (Lipinski definition) is 2. The zero-order chi connectivity index (χ0) is 11.3. The van der Waals surface area contributed by atoms with Crippen LogP contribution in [0.4, 0.5) is 0 Å². The zero-order valence-corrected chi connectivity index (χ0v) is 9.54. The molecule has 15 heavy (non-hydrogen) atoms. The molecular formula is C13H17O2-. The maximum absolute atomic E-state index is 11.6. The van der Waals surface area contributed by atoms with Gasteiger partial charge in [0.2, 0.25) is 0 Å². The Morgan fingerprint density at radius 1 is 1.47 bits per heavy atom. The van der Waals surface area contributed by atoms with Crippen molar-refractivity contribution in [1.29, 1.82) is 0 Å². The molecule has 0 aliphatic carbocycles. The Kier molecular flexibility index (Phi) is 3.89. The molecule has 0 heterocycles. The second-order valence-corrected chi connectivity index (χ2v) is 4.17. The van der Waals surface area contributed by atoms with Crippen molar-refractivity contribution in [2.24, 2.45) is 5.41 Å². The molecule has 1 aromatic rings. The molecule has 0 saturated heterocycles. The van der Waals surface area contributed by atoms with Crippen LogP contribution in [-0.4, -0.2) is 12.6 Å². The van der Waals surface area contributed by atoms with Gasteiger partial charge in [-0.15, -0.1) is 0 Å². The summed E-state index contributed by atoms with van der Waals surface area (Å²) in [6, 6.07) is 10.8. The van der Waals surface area contributed by atoms with Gasteiger partial charge in [0.15, 0.2) is 0 Å². The number of carbonyl (C=O) groups excluding carboxylic acids is 1. The third-order valence-electron chi connectivity index (χ3n) is 2.23. The minimum absolute atomic E-state index is 0.151. The van der Waals surface area contributed by atoms with E-state index >= 15 is 0 Å². The molecule has 0 saturated carbocycles. The van der Waals surface area contributed by atoms with E-state index in [1.807, 2.05) is 45.0 Å². The van der Waals surface area contributed by atoms with E-state index in [1.165, 1.54) is 0 Å². The number of carbonyl (C=O) groups is 1. The molecule has 0 spiro atoms. The van der Waals surface area contributed by atoms with Crippen molar-refractivity contribution in [3.8, 4) is 0 Å². The van der Waals surface area contributed by atoms with Crippen LogP contribution in [0.15, 0.2) is 24.3 Å². The maximum atomic E-state index is 11.6. The Hall–Kier alpha value is -1.31. The highest BCUT2D eigenvalue weighted by Gasteiger charge is 2.28. The molecule has 0 unspecified atom stereocenters. The Morgan fingerprint density at radius 2 is 2.20 bits per heavy atom. The van der Waals surface area contributed by atoms with E-state index in [-0.39, 0.29) is 5.97 Å². The van der Waals surface area contributed by atoms with Crippen molar-refractivity contribution in [3.05, 3.63) is 35.9 Å². The van der Waals surface area contributed by atoms with Gasteiger partial charge in [0.25, 0.3) is 0 Å². The molecule has 0 aromatic heterocycles. The molecule has 0 fully saturated rings. The molecule has 0 atom stereocenters. The zero-order valence-electron chi connectivity index (χ0n) is 9.54. The summed E-state index contributed by atoms with van der Waals surface area (Å²) in [5.41, 5.74) is 0.559. The summed E-state index contributed by atoms with van der Waals surface area (Å²) in [5, 5.41) is 0. The van der Waals surface area contributed by atoms with Crippen LogP contribution in [-0.2, 0) is 16.0 Å². The fraction of sp³-hybridized carbons (Fsp3) is 0.462. The van der Waals surface area contributed by atoms with Gasteiger partial charge < -0.3 is 4.74 Å². The molecular weight excluding hydrogens is 188 g/mol. The number of ether oxygens (including phenoxy) is 1. The van der Waals surface area contributed by atoms with Crippen molar-refractivity contribution in [2.75, 3.05) is 6.61 Å². The minimum Gasteiger partial charge on any atom is -0.466 e. The highest BCUT2D eigenvalue weighted by molar-refractivity contribution is 5.76. The van der Waals surface area contributed by atoms with Crippen molar-refractivity contribution in [3.63, 3.8) is 0 Å². The van der Waals surface area contributed by atoms with E-state index in [2.05, 4.69) is 6.07 Å². The van der Waals surface area contributed by atoms with Crippen molar-refractivity contribution in [2.45, 2.75) is 27.2 Å². The third-order valence-corrected chi connectivity index (χ3v) is 2.23. The lowest BCUT2D eigenvalue weighted by Crippen LogP contribution is -2.28. The predicted molar refractivity (Wildman–Crippen MR) is 59.4 cm³/mol. The first-order chi connectivity index (χ1) is 7.06. The highest BCUT2D eigenvalue weighted by Crippen LogP contribution is 2.23. The van der Waals surface area contributed by atoms with Gasteiger partial charge in [-0.2, -0.15) is 35.9 Å². The standard InChI is InChI=1S/C13H17O2/c1-4-15-12(14)13(2,3)10-11-8-6-5-7-9-11/h5-8H,4,10H2,1-3H3/q-1.